The van der Waals surface area contributed by atoms with Crippen molar-refractivity contribution in [2.24, 2.45) is 0 Å². The lowest BCUT2D eigenvalue weighted by molar-refractivity contribution is 0.0602. The molecule has 0 aliphatic rings. The van der Waals surface area contributed by atoms with E-state index in [4.69, 9.17) is 16.3 Å². The molecule has 0 bridgehead atoms. The average Bonchev–Trinajstić information content (AvgIpc) is 2.92. The fourth-order valence-electron chi connectivity index (χ4n) is 1.84. The summed E-state index contributed by atoms with van der Waals surface area (Å²) in [5.41, 5.74) is 1.18. The normalized spacial score (nSPS) is 10.3. The second kappa shape index (κ2) is 6.77. The van der Waals surface area contributed by atoms with Crippen molar-refractivity contribution in [2.75, 3.05) is 12.4 Å². The first kappa shape index (κ1) is 14.9. The molecular weight excluding hydrogens is 294 g/mol. The smallest absolute Gasteiger partial charge is 0.339 e. The topological polar surface area (TPSA) is 38.3 Å². The maximum Gasteiger partial charge on any atom is 0.339 e. The molecule has 0 aliphatic heterocycles. The summed E-state index contributed by atoms with van der Waals surface area (Å²) in [7, 11) is 1.37. The van der Waals surface area contributed by atoms with Crippen LogP contribution in [-0.2, 0) is 17.7 Å². The molecule has 0 fully saturated rings. The predicted molar refractivity (Wildman–Crippen MR) is 83.8 cm³/mol. The summed E-state index contributed by atoms with van der Waals surface area (Å²) < 4.78 is 4.77. The number of thiophene rings is 1. The third-order valence-electron chi connectivity index (χ3n) is 2.91. The van der Waals surface area contributed by atoms with Crippen LogP contribution < -0.4 is 5.32 Å². The van der Waals surface area contributed by atoms with Crippen molar-refractivity contribution in [2.45, 2.75) is 19.9 Å². The van der Waals surface area contributed by atoms with Crippen LogP contribution in [0.2, 0.25) is 5.02 Å². The number of methoxy groups -OCH3 is 1. The largest absolute Gasteiger partial charge is 0.465 e. The maximum atomic E-state index is 11.7. The van der Waals surface area contributed by atoms with Gasteiger partial charge in [0.05, 0.1) is 18.4 Å². The number of benzene rings is 1. The van der Waals surface area contributed by atoms with Crippen LogP contribution in [0, 0.1) is 0 Å². The summed E-state index contributed by atoms with van der Waals surface area (Å²) in [6.07, 6.45) is 1.04. The van der Waals surface area contributed by atoms with Crippen LogP contribution in [0.5, 0.6) is 0 Å². The maximum absolute atomic E-state index is 11.7. The Hall–Kier alpha value is -1.52. The number of aryl methyl sites for hydroxylation is 1. The molecule has 5 heteroatoms. The molecule has 2 aromatic rings. The van der Waals surface area contributed by atoms with E-state index in [-0.39, 0.29) is 5.97 Å². The van der Waals surface area contributed by atoms with Crippen LogP contribution in [-0.4, -0.2) is 13.1 Å². The Bertz CT molecular complexity index is 610. The number of esters is 1. The number of ether oxygens (including phenoxy) is 1. The Labute approximate surface area is 127 Å². The Balaban J connectivity index is 2.15. The Morgan fingerprint density at radius 2 is 2.05 bits per heavy atom. The van der Waals surface area contributed by atoms with Crippen LogP contribution in [0.15, 0.2) is 30.3 Å². The zero-order valence-corrected chi connectivity index (χ0v) is 13.0. The van der Waals surface area contributed by atoms with E-state index in [9.17, 15) is 4.79 Å². The van der Waals surface area contributed by atoms with E-state index in [1.807, 2.05) is 0 Å². The predicted octanol–water partition coefficient (Wildman–Crippen LogP) is 4.36. The van der Waals surface area contributed by atoms with Gasteiger partial charge in [-0.25, -0.2) is 4.79 Å². The number of nitrogens with one attached hydrogen (secondary N) is 1. The molecule has 0 amide bonds. The molecule has 20 heavy (non-hydrogen) atoms. The van der Waals surface area contributed by atoms with E-state index < -0.39 is 0 Å². The first-order valence-electron chi connectivity index (χ1n) is 6.33. The highest BCUT2D eigenvalue weighted by Crippen LogP contribution is 2.24. The standard InChI is InChI=1S/C15H16ClNO2S/c1-3-11-5-6-12(20-11)9-17-14-8-10(16)4-7-13(14)15(18)19-2/h4-8,17H,3,9H2,1-2H3. The molecule has 2 rings (SSSR count). The summed E-state index contributed by atoms with van der Waals surface area (Å²) in [4.78, 5) is 14.3. The Kier molecular flexibility index (Phi) is 5.04. The van der Waals surface area contributed by atoms with Crippen LogP contribution in [0.4, 0.5) is 5.69 Å². The van der Waals surface area contributed by atoms with Crippen molar-refractivity contribution in [1.82, 2.24) is 0 Å². The van der Waals surface area contributed by atoms with Gasteiger partial charge in [-0.15, -0.1) is 11.3 Å². The minimum Gasteiger partial charge on any atom is -0.465 e. The third kappa shape index (κ3) is 3.52. The molecule has 1 N–H and O–H groups in total. The van der Waals surface area contributed by atoms with Crippen LogP contribution in [0.1, 0.15) is 27.0 Å². The highest BCUT2D eigenvalue weighted by atomic mass is 35.5. The molecule has 0 saturated carbocycles. The van der Waals surface area contributed by atoms with Gasteiger partial charge in [0.1, 0.15) is 0 Å². The zero-order valence-electron chi connectivity index (χ0n) is 11.4. The second-order valence-electron chi connectivity index (χ2n) is 4.26. The number of carbonyl (C=O) groups excluding carboxylic acids is 1. The number of hydrogen-bond donors (Lipinski definition) is 1. The number of rotatable bonds is 5. The molecule has 3 nitrogen and oxygen atoms in total. The molecule has 0 aliphatic carbocycles. The van der Waals surface area contributed by atoms with E-state index in [0.29, 0.717) is 22.8 Å². The Morgan fingerprint density at radius 3 is 2.70 bits per heavy atom. The molecule has 0 spiro atoms. The lowest BCUT2D eigenvalue weighted by atomic mass is 10.2. The van der Waals surface area contributed by atoms with Gasteiger partial charge in [-0.1, -0.05) is 18.5 Å². The molecule has 0 saturated heterocycles. The lowest BCUT2D eigenvalue weighted by Gasteiger charge is -2.10. The van der Waals surface area contributed by atoms with Gasteiger partial charge in [-0.05, 0) is 36.8 Å². The van der Waals surface area contributed by atoms with Crippen molar-refractivity contribution < 1.29 is 9.53 Å². The van der Waals surface area contributed by atoms with Gasteiger partial charge in [0.25, 0.3) is 0 Å². The van der Waals surface area contributed by atoms with Crippen molar-refractivity contribution >= 4 is 34.6 Å². The van der Waals surface area contributed by atoms with Crippen LogP contribution in [0.3, 0.4) is 0 Å². The van der Waals surface area contributed by atoms with Gasteiger partial charge in [0, 0.05) is 21.3 Å². The fraction of sp³-hybridized carbons (Fsp3) is 0.267. The molecule has 1 aromatic heterocycles. The van der Waals surface area contributed by atoms with E-state index >= 15 is 0 Å². The fourth-order valence-corrected chi connectivity index (χ4v) is 2.91. The molecule has 0 radical (unpaired) electrons. The molecule has 0 atom stereocenters. The van der Waals surface area contributed by atoms with Crippen molar-refractivity contribution in [3.8, 4) is 0 Å². The van der Waals surface area contributed by atoms with Crippen molar-refractivity contribution in [3.63, 3.8) is 0 Å². The summed E-state index contributed by atoms with van der Waals surface area (Å²) in [5, 5.41) is 3.83. The number of halogens is 1. The highest BCUT2D eigenvalue weighted by Gasteiger charge is 2.12. The summed E-state index contributed by atoms with van der Waals surface area (Å²) in [6, 6.07) is 9.31. The van der Waals surface area contributed by atoms with Gasteiger partial charge < -0.3 is 10.1 Å². The molecule has 0 unspecified atom stereocenters. The van der Waals surface area contributed by atoms with E-state index in [1.54, 1.807) is 29.5 Å². The van der Waals surface area contributed by atoms with Crippen LogP contribution in [0.25, 0.3) is 0 Å². The third-order valence-corrected chi connectivity index (χ3v) is 4.37. The monoisotopic (exact) mass is 309 g/mol. The van der Waals surface area contributed by atoms with Gasteiger partial charge in [-0.3, -0.25) is 0 Å². The minimum atomic E-state index is -0.371. The summed E-state index contributed by atoms with van der Waals surface area (Å²) in [5.74, 6) is -0.371. The van der Waals surface area contributed by atoms with Gasteiger partial charge in [-0.2, -0.15) is 0 Å². The summed E-state index contributed by atoms with van der Waals surface area (Å²) in [6.45, 7) is 2.80. The summed E-state index contributed by atoms with van der Waals surface area (Å²) >= 11 is 7.75. The Morgan fingerprint density at radius 1 is 1.30 bits per heavy atom. The lowest BCUT2D eigenvalue weighted by Crippen LogP contribution is -2.07. The van der Waals surface area contributed by atoms with E-state index in [1.165, 1.54) is 16.9 Å². The average molecular weight is 310 g/mol. The first-order chi connectivity index (χ1) is 9.63. The number of carbonyl (C=O) groups is 1. The quantitative estimate of drug-likeness (QED) is 0.834. The molecular formula is C15H16ClNO2S. The van der Waals surface area contributed by atoms with E-state index in [0.717, 1.165) is 6.42 Å². The van der Waals surface area contributed by atoms with E-state index in [2.05, 4.69) is 24.4 Å². The van der Waals surface area contributed by atoms with Gasteiger partial charge in [0.2, 0.25) is 0 Å². The van der Waals surface area contributed by atoms with Gasteiger partial charge >= 0.3 is 5.97 Å². The van der Waals surface area contributed by atoms with Gasteiger partial charge in [0.15, 0.2) is 0 Å². The molecule has 106 valence electrons. The van der Waals surface area contributed by atoms with Crippen molar-refractivity contribution in [3.05, 3.63) is 50.7 Å². The minimum absolute atomic E-state index is 0.371. The van der Waals surface area contributed by atoms with Crippen molar-refractivity contribution in [1.29, 1.82) is 0 Å². The molecule has 1 heterocycles. The highest BCUT2D eigenvalue weighted by molar-refractivity contribution is 7.12. The SMILES string of the molecule is CCc1ccc(CNc2cc(Cl)ccc2C(=O)OC)s1. The number of anilines is 1. The first-order valence-corrected chi connectivity index (χ1v) is 7.52. The molecule has 1 aromatic carbocycles. The second-order valence-corrected chi connectivity index (χ2v) is 5.95. The zero-order chi connectivity index (χ0) is 14.5. The number of hydrogen-bond acceptors (Lipinski definition) is 4. The van der Waals surface area contributed by atoms with Crippen LogP contribution >= 0.6 is 22.9 Å².